The number of aromatic nitrogens is 2. The predicted octanol–water partition coefficient (Wildman–Crippen LogP) is 3.71. The summed E-state index contributed by atoms with van der Waals surface area (Å²) in [5, 5.41) is 9.05. The fraction of sp³-hybridized carbons (Fsp3) is 0.710. The molecule has 9 heteroatoms. The number of benzene rings is 1. The number of piperidine rings is 1. The van der Waals surface area contributed by atoms with E-state index in [1.165, 1.54) is 17.3 Å². The second kappa shape index (κ2) is 9.93. The Morgan fingerprint density at radius 1 is 0.950 bits per heavy atom. The lowest BCUT2D eigenvalue weighted by molar-refractivity contribution is -0.141. The lowest BCUT2D eigenvalue weighted by Gasteiger charge is -2.35. The molecule has 3 saturated carbocycles. The van der Waals surface area contributed by atoms with Gasteiger partial charge in [-0.1, -0.05) is 31.5 Å². The van der Waals surface area contributed by atoms with Crippen molar-refractivity contribution in [2.75, 3.05) is 38.2 Å². The summed E-state index contributed by atoms with van der Waals surface area (Å²) in [5.41, 5.74) is 2.31. The molecule has 2 saturated heterocycles. The minimum Gasteiger partial charge on any atom is -0.303 e. The predicted molar refractivity (Wildman–Crippen MR) is 153 cm³/mol. The minimum atomic E-state index is -3.12. The number of H-pyrrole nitrogens is 1. The molecule has 8 atom stereocenters. The number of carbonyl (C=O) groups is 2. The van der Waals surface area contributed by atoms with Crippen molar-refractivity contribution >= 4 is 32.6 Å². The molecule has 1 aromatic carbocycles. The van der Waals surface area contributed by atoms with E-state index in [-0.39, 0.29) is 53.1 Å². The molecule has 3 heterocycles. The Hall–Kier alpha value is -2.26. The molecule has 1 N–H and O–H groups in total. The highest BCUT2D eigenvalue weighted by molar-refractivity contribution is 7.90. The van der Waals surface area contributed by atoms with Crippen LogP contribution >= 0.6 is 0 Å². The average molecular weight is 567 g/mol. The standard InChI is InChI=1S/C31H42N4O4S/c1-18-23-14-24(25(18)17-40(2,38)39)28-27(23)30(36)35(31(28)37)16-21-7-5-6-20(21)15-34-12-10-19(11-13-34)29-22-8-3-4-9-26(22)32-33-29/h3-4,8-9,18-21,23-25,27-28H,5-7,10-17H2,1-2H3,(H,32,33)/t18?,20-,21-,23?,24?,25?,27?,28?/m1/s1. The first-order valence-electron chi connectivity index (χ1n) is 15.4. The van der Waals surface area contributed by atoms with Gasteiger partial charge in [0.2, 0.25) is 11.8 Å². The molecule has 5 fully saturated rings. The van der Waals surface area contributed by atoms with E-state index in [9.17, 15) is 18.0 Å². The van der Waals surface area contributed by atoms with Crippen molar-refractivity contribution in [2.45, 2.75) is 51.4 Å². The van der Waals surface area contributed by atoms with Gasteiger partial charge in [0, 0.05) is 36.3 Å². The van der Waals surface area contributed by atoms with Gasteiger partial charge in [0.25, 0.3) is 0 Å². The largest absolute Gasteiger partial charge is 0.303 e. The van der Waals surface area contributed by atoms with Crippen LogP contribution in [0.3, 0.4) is 0 Å². The molecule has 2 aliphatic heterocycles. The van der Waals surface area contributed by atoms with Crippen LogP contribution in [0.15, 0.2) is 24.3 Å². The topological polar surface area (TPSA) is 103 Å². The summed E-state index contributed by atoms with van der Waals surface area (Å²) in [6.07, 6.45) is 7.76. The van der Waals surface area contributed by atoms with Gasteiger partial charge in [-0.15, -0.1) is 0 Å². The summed E-state index contributed by atoms with van der Waals surface area (Å²) in [6.45, 7) is 5.83. The van der Waals surface area contributed by atoms with E-state index in [2.05, 4.69) is 40.2 Å². The second-order valence-electron chi connectivity index (χ2n) is 13.7. The summed E-state index contributed by atoms with van der Waals surface area (Å²) >= 11 is 0. The molecule has 216 valence electrons. The van der Waals surface area contributed by atoms with Crippen LogP contribution in [-0.2, 0) is 19.4 Å². The molecule has 2 bridgehead atoms. The molecule has 5 aliphatic rings. The zero-order chi connectivity index (χ0) is 27.8. The number of likely N-dealkylation sites (tertiary alicyclic amines) is 2. The molecule has 0 spiro atoms. The fourth-order valence-electron chi connectivity index (χ4n) is 9.63. The van der Waals surface area contributed by atoms with E-state index in [0.29, 0.717) is 24.3 Å². The van der Waals surface area contributed by atoms with Gasteiger partial charge >= 0.3 is 0 Å². The van der Waals surface area contributed by atoms with Gasteiger partial charge in [-0.25, -0.2) is 8.42 Å². The molecule has 0 radical (unpaired) electrons. The van der Waals surface area contributed by atoms with E-state index in [4.69, 9.17) is 0 Å². The lowest BCUT2D eigenvalue weighted by Crippen LogP contribution is -2.41. The highest BCUT2D eigenvalue weighted by atomic mass is 32.2. The summed E-state index contributed by atoms with van der Waals surface area (Å²) in [4.78, 5) is 31.5. The lowest BCUT2D eigenvalue weighted by atomic mass is 9.70. The Bertz CT molecular complexity index is 1410. The van der Waals surface area contributed by atoms with Crippen LogP contribution in [0.4, 0.5) is 0 Å². The molecule has 40 heavy (non-hydrogen) atoms. The van der Waals surface area contributed by atoms with Gasteiger partial charge in [-0.3, -0.25) is 19.6 Å². The van der Waals surface area contributed by atoms with Crippen LogP contribution < -0.4 is 0 Å². The molecule has 3 aliphatic carbocycles. The molecular weight excluding hydrogens is 524 g/mol. The number of nitrogens with one attached hydrogen (secondary N) is 1. The molecule has 8 nitrogen and oxygen atoms in total. The zero-order valence-corrected chi connectivity index (χ0v) is 24.5. The number of para-hydroxylation sites is 1. The van der Waals surface area contributed by atoms with Crippen molar-refractivity contribution in [1.82, 2.24) is 20.0 Å². The van der Waals surface area contributed by atoms with E-state index in [0.717, 1.165) is 63.7 Å². The SMILES string of the molecule is CC1C(CS(C)(=O)=O)C2CC1C1C(=O)N(C[C@H]3CCC[C@@H]3CN3CCC(c4[nH]nc5ccccc45)CC3)C(=O)C21. The van der Waals surface area contributed by atoms with Crippen LogP contribution in [0.5, 0.6) is 0 Å². The first-order valence-corrected chi connectivity index (χ1v) is 17.4. The minimum absolute atomic E-state index is 0.000135. The molecule has 7 rings (SSSR count). The monoisotopic (exact) mass is 566 g/mol. The number of aromatic amines is 1. The quantitative estimate of drug-likeness (QED) is 0.513. The third-order valence-corrected chi connectivity index (χ3v) is 12.6. The number of sulfone groups is 1. The zero-order valence-electron chi connectivity index (χ0n) is 23.7. The van der Waals surface area contributed by atoms with Gasteiger partial charge < -0.3 is 4.90 Å². The molecule has 2 amide bonds. The van der Waals surface area contributed by atoms with Crippen molar-refractivity contribution in [2.24, 2.45) is 47.3 Å². The van der Waals surface area contributed by atoms with Crippen molar-refractivity contribution in [3.8, 4) is 0 Å². The first kappa shape index (κ1) is 26.6. The number of rotatable bonds is 7. The maximum atomic E-state index is 13.7. The van der Waals surface area contributed by atoms with Gasteiger partial charge in [0.1, 0.15) is 9.84 Å². The Kier molecular flexibility index (Phi) is 6.61. The highest BCUT2D eigenvalue weighted by Crippen LogP contribution is 2.61. The van der Waals surface area contributed by atoms with E-state index < -0.39 is 9.84 Å². The van der Waals surface area contributed by atoms with Crippen LogP contribution in [0.1, 0.15) is 57.1 Å². The maximum Gasteiger partial charge on any atom is 0.233 e. The van der Waals surface area contributed by atoms with Crippen molar-refractivity contribution < 1.29 is 18.0 Å². The van der Waals surface area contributed by atoms with Crippen LogP contribution in [0.2, 0.25) is 0 Å². The molecule has 2 aromatic rings. The molecular formula is C31H42N4O4S. The van der Waals surface area contributed by atoms with E-state index >= 15 is 0 Å². The van der Waals surface area contributed by atoms with Crippen molar-refractivity contribution in [1.29, 1.82) is 0 Å². The highest BCUT2D eigenvalue weighted by Gasteiger charge is 2.66. The smallest absolute Gasteiger partial charge is 0.233 e. The number of nitrogens with zero attached hydrogens (tertiary/aromatic N) is 3. The Morgan fingerprint density at radius 2 is 1.62 bits per heavy atom. The van der Waals surface area contributed by atoms with Crippen molar-refractivity contribution in [3.63, 3.8) is 0 Å². The fourth-order valence-corrected chi connectivity index (χ4v) is 10.9. The maximum absolute atomic E-state index is 13.7. The molecule has 1 aromatic heterocycles. The Morgan fingerprint density at radius 3 is 2.35 bits per heavy atom. The summed E-state index contributed by atoms with van der Waals surface area (Å²) in [7, 11) is -3.12. The Balaban J connectivity index is 0.977. The van der Waals surface area contributed by atoms with Crippen LogP contribution in [0, 0.1) is 47.3 Å². The van der Waals surface area contributed by atoms with E-state index in [1.54, 1.807) is 4.90 Å². The number of carbonyl (C=O) groups excluding carboxylic acids is 2. The number of fused-ring (bicyclic) bond motifs is 6. The summed E-state index contributed by atoms with van der Waals surface area (Å²) in [5.74, 6) is 1.39. The van der Waals surface area contributed by atoms with Gasteiger partial charge in [-0.05, 0) is 86.8 Å². The third kappa shape index (κ3) is 4.42. The number of amides is 2. The molecule has 6 unspecified atom stereocenters. The first-order chi connectivity index (χ1) is 19.2. The number of imide groups is 1. The Labute approximate surface area is 237 Å². The van der Waals surface area contributed by atoms with Crippen LogP contribution in [0.25, 0.3) is 10.9 Å². The second-order valence-corrected chi connectivity index (χ2v) is 15.9. The third-order valence-electron chi connectivity index (χ3n) is 11.6. The van der Waals surface area contributed by atoms with Crippen molar-refractivity contribution in [3.05, 3.63) is 30.0 Å². The number of hydrogen-bond donors (Lipinski definition) is 1. The van der Waals surface area contributed by atoms with Gasteiger partial charge in [0.15, 0.2) is 0 Å². The summed E-state index contributed by atoms with van der Waals surface area (Å²) < 4.78 is 24.2. The summed E-state index contributed by atoms with van der Waals surface area (Å²) in [6, 6.07) is 8.34. The number of hydrogen-bond acceptors (Lipinski definition) is 6. The average Bonchev–Trinajstić information content (AvgIpc) is 3.73. The van der Waals surface area contributed by atoms with Gasteiger partial charge in [-0.2, -0.15) is 5.10 Å². The van der Waals surface area contributed by atoms with E-state index in [1.807, 2.05) is 6.07 Å². The van der Waals surface area contributed by atoms with Gasteiger partial charge in [0.05, 0.1) is 23.1 Å². The van der Waals surface area contributed by atoms with Crippen LogP contribution in [-0.4, -0.2) is 78.4 Å². The normalized spacial score (nSPS) is 36.8.